The molecule has 1 aliphatic heterocycles. The second-order valence-electron chi connectivity index (χ2n) is 11.1. The third kappa shape index (κ3) is 8.18. The largest absolute Gasteiger partial charge is 0.480 e. The number of rotatable bonds is 9. The van der Waals surface area contributed by atoms with E-state index in [1.54, 1.807) is 25.7 Å². The normalized spacial score (nSPS) is 17.9. The number of nitrogens with zero attached hydrogens (tertiary/aromatic N) is 1. The molecule has 2 rings (SSSR count). The molecule has 0 unspecified atom stereocenters. The van der Waals surface area contributed by atoms with E-state index < -0.39 is 47.2 Å². The predicted octanol–water partition coefficient (Wildman–Crippen LogP) is 2.44. The highest BCUT2D eigenvalue weighted by Gasteiger charge is 2.45. The number of nitrogens with one attached hydrogen (secondary N) is 2. The summed E-state index contributed by atoms with van der Waals surface area (Å²) in [6, 6.07) is 6.73. The van der Waals surface area contributed by atoms with Gasteiger partial charge in [-0.15, -0.1) is 0 Å². The summed E-state index contributed by atoms with van der Waals surface area (Å²) in [4.78, 5) is 52.6. The molecule has 0 saturated carbocycles. The van der Waals surface area contributed by atoms with Gasteiger partial charge in [-0.1, -0.05) is 44.2 Å². The van der Waals surface area contributed by atoms with Crippen molar-refractivity contribution >= 4 is 23.9 Å². The molecule has 3 amide bonds. The van der Waals surface area contributed by atoms with Gasteiger partial charge in [-0.05, 0) is 58.4 Å². The highest BCUT2D eigenvalue weighted by molar-refractivity contribution is 5.94. The Bertz CT molecular complexity index is 948. The zero-order chi connectivity index (χ0) is 28.0. The standard InChI is InChI=1S/C27H41N3O7/c1-17(2)16-20(22(32)29-21(18(3)31)23(33)34)28-24(35)27(19-10-8-7-9-11-19)12-14-30(15-13-27)25(36)37-26(4,5)6/h7-11,17-18,20-21,31H,12-16H2,1-6H3,(H,28,35)(H,29,32)(H,33,34)/t18-,20-,21-/m0/s1. The van der Waals surface area contributed by atoms with Crippen molar-refractivity contribution in [3.63, 3.8) is 0 Å². The first-order chi connectivity index (χ1) is 17.2. The quantitative estimate of drug-likeness (QED) is 0.392. The molecule has 1 fully saturated rings. The number of aliphatic hydroxyl groups excluding tert-OH is 1. The minimum Gasteiger partial charge on any atom is -0.480 e. The van der Waals surface area contributed by atoms with Crippen LogP contribution in [0.1, 0.15) is 66.4 Å². The number of aliphatic carboxylic acids is 1. The lowest BCUT2D eigenvalue weighted by Gasteiger charge is -2.42. The Kier molecular flexibility index (Phi) is 10.1. The van der Waals surface area contributed by atoms with Gasteiger partial charge in [0.1, 0.15) is 11.6 Å². The van der Waals surface area contributed by atoms with Gasteiger partial charge in [0.05, 0.1) is 11.5 Å². The molecule has 10 nitrogen and oxygen atoms in total. The molecular weight excluding hydrogens is 478 g/mol. The number of hydrogen-bond donors (Lipinski definition) is 4. The summed E-state index contributed by atoms with van der Waals surface area (Å²) in [6.07, 6.45) is -0.833. The van der Waals surface area contributed by atoms with Gasteiger partial charge < -0.3 is 30.5 Å². The number of benzene rings is 1. The summed E-state index contributed by atoms with van der Waals surface area (Å²) in [5.41, 5.74) is -0.863. The van der Waals surface area contributed by atoms with Crippen LogP contribution in [0.25, 0.3) is 0 Å². The molecule has 0 aliphatic carbocycles. The summed E-state index contributed by atoms with van der Waals surface area (Å²) in [7, 11) is 0. The number of piperidine rings is 1. The second kappa shape index (κ2) is 12.4. The number of likely N-dealkylation sites (tertiary alicyclic amines) is 1. The molecule has 4 N–H and O–H groups in total. The first kappa shape index (κ1) is 30.1. The van der Waals surface area contributed by atoms with Crippen molar-refractivity contribution in [1.29, 1.82) is 0 Å². The van der Waals surface area contributed by atoms with E-state index in [-0.39, 0.29) is 18.2 Å². The Morgan fingerprint density at radius 2 is 1.59 bits per heavy atom. The molecule has 10 heteroatoms. The van der Waals surface area contributed by atoms with Crippen LogP contribution in [-0.2, 0) is 24.5 Å². The lowest BCUT2D eigenvalue weighted by Crippen LogP contribution is -2.59. The predicted molar refractivity (Wildman–Crippen MR) is 138 cm³/mol. The molecule has 1 aromatic carbocycles. The van der Waals surface area contributed by atoms with Crippen LogP contribution < -0.4 is 10.6 Å². The molecule has 0 aromatic heterocycles. The van der Waals surface area contributed by atoms with Crippen molar-refractivity contribution in [3.8, 4) is 0 Å². The smallest absolute Gasteiger partial charge is 0.410 e. The number of carbonyl (C=O) groups excluding carboxylic acids is 3. The molecule has 1 aliphatic rings. The molecule has 3 atom stereocenters. The third-order valence-corrected chi connectivity index (χ3v) is 6.40. The average molecular weight is 520 g/mol. The SMILES string of the molecule is CC(C)C[C@H](NC(=O)C1(c2ccccc2)CCN(C(=O)OC(C)(C)C)CC1)C(=O)N[C@H](C(=O)O)[C@H](C)O. The van der Waals surface area contributed by atoms with Crippen LogP contribution in [-0.4, -0.2) is 75.9 Å². The number of carboxylic acids is 1. The van der Waals surface area contributed by atoms with Crippen LogP contribution in [0.2, 0.25) is 0 Å². The lowest BCUT2D eigenvalue weighted by molar-refractivity contribution is -0.145. The molecule has 1 heterocycles. The first-order valence-electron chi connectivity index (χ1n) is 12.7. The number of carbonyl (C=O) groups is 4. The van der Waals surface area contributed by atoms with Crippen molar-refractivity contribution in [3.05, 3.63) is 35.9 Å². The van der Waals surface area contributed by atoms with Gasteiger partial charge in [-0.3, -0.25) is 9.59 Å². The molecule has 0 radical (unpaired) electrons. The van der Waals surface area contributed by atoms with Crippen molar-refractivity contribution in [2.75, 3.05) is 13.1 Å². The number of amides is 3. The minimum atomic E-state index is -1.50. The number of hydrogen-bond acceptors (Lipinski definition) is 6. The summed E-state index contributed by atoms with van der Waals surface area (Å²) in [6.45, 7) is 11.0. The van der Waals surface area contributed by atoms with Crippen LogP contribution in [0.5, 0.6) is 0 Å². The first-order valence-corrected chi connectivity index (χ1v) is 12.7. The van der Waals surface area contributed by atoms with E-state index in [1.807, 2.05) is 44.2 Å². The molecular formula is C27H41N3O7. The highest BCUT2D eigenvalue weighted by atomic mass is 16.6. The Morgan fingerprint density at radius 3 is 2.05 bits per heavy atom. The van der Waals surface area contributed by atoms with E-state index in [4.69, 9.17) is 4.74 Å². The zero-order valence-electron chi connectivity index (χ0n) is 22.6. The minimum absolute atomic E-state index is 0.0209. The molecule has 206 valence electrons. The number of carboxylic acid groups (broad SMARTS) is 1. The fourth-order valence-corrected chi connectivity index (χ4v) is 4.44. The summed E-state index contributed by atoms with van der Waals surface area (Å²) < 4.78 is 5.49. The Morgan fingerprint density at radius 1 is 1.03 bits per heavy atom. The summed E-state index contributed by atoms with van der Waals surface area (Å²) in [5.74, 6) is -2.39. The lowest BCUT2D eigenvalue weighted by atomic mass is 9.71. The third-order valence-electron chi connectivity index (χ3n) is 6.40. The van der Waals surface area contributed by atoms with Gasteiger partial charge in [-0.25, -0.2) is 9.59 Å². The second-order valence-corrected chi connectivity index (χ2v) is 11.1. The van der Waals surface area contributed by atoms with Crippen molar-refractivity contribution in [2.45, 2.75) is 90.0 Å². The van der Waals surface area contributed by atoms with Crippen LogP contribution in [0.15, 0.2) is 30.3 Å². The van der Waals surface area contributed by atoms with Crippen LogP contribution in [0.3, 0.4) is 0 Å². The molecule has 37 heavy (non-hydrogen) atoms. The van der Waals surface area contributed by atoms with Crippen LogP contribution in [0, 0.1) is 5.92 Å². The van der Waals surface area contributed by atoms with Gasteiger partial charge >= 0.3 is 12.1 Å². The topological polar surface area (TPSA) is 145 Å². The van der Waals surface area contributed by atoms with Gasteiger partial charge in [0.2, 0.25) is 11.8 Å². The Labute approximate surface area is 218 Å². The van der Waals surface area contributed by atoms with E-state index >= 15 is 0 Å². The van der Waals surface area contributed by atoms with E-state index in [2.05, 4.69) is 10.6 Å². The van der Waals surface area contributed by atoms with Crippen molar-refractivity contribution in [2.24, 2.45) is 5.92 Å². The van der Waals surface area contributed by atoms with E-state index in [9.17, 15) is 29.4 Å². The van der Waals surface area contributed by atoms with Crippen molar-refractivity contribution < 1.29 is 34.1 Å². The summed E-state index contributed by atoms with van der Waals surface area (Å²) >= 11 is 0. The van der Waals surface area contributed by atoms with Gasteiger partial charge in [0.15, 0.2) is 6.04 Å². The van der Waals surface area contributed by atoms with E-state index in [1.165, 1.54) is 6.92 Å². The zero-order valence-corrected chi connectivity index (χ0v) is 22.6. The van der Waals surface area contributed by atoms with Gasteiger partial charge in [0.25, 0.3) is 0 Å². The average Bonchev–Trinajstić information content (AvgIpc) is 2.80. The number of ether oxygens (including phenoxy) is 1. The molecule has 0 spiro atoms. The monoisotopic (exact) mass is 519 g/mol. The number of aliphatic hydroxyl groups is 1. The summed E-state index contributed by atoms with van der Waals surface area (Å²) in [5, 5.41) is 24.4. The van der Waals surface area contributed by atoms with Crippen molar-refractivity contribution in [1.82, 2.24) is 15.5 Å². The molecule has 1 saturated heterocycles. The van der Waals surface area contributed by atoms with Crippen LogP contribution in [0.4, 0.5) is 4.79 Å². The van der Waals surface area contributed by atoms with Gasteiger partial charge in [0, 0.05) is 13.1 Å². The fourth-order valence-electron chi connectivity index (χ4n) is 4.44. The Hall–Kier alpha value is -3.14. The molecule has 1 aromatic rings. The van der Waals surface area contributed by atoms with Gasteiger partial charge in [-0.2, -0.15) is 0 Å². The van der Waals surface area contributed by atoms with E-state index in [0.717, 1.165) is 5.56 Å². The molecule has 0 bridgehead atoms. The maximum absolute atomic E-state index is 13.9. The fraction of sp³-hybridized carbons (Fsp3) is 0.630. The Balaban J connectivity index is 2.30. The highest BCUT2D eigenvalue weighted by Crippen LogP contribution is 2.36. The van der Waals surface area contributed by atoms with Crippen LogP contribution >= 0.6 is 0 Å². The maximum atomic E-state index is 13.9. The maximum Gasteiger partial charge on any atom is 0.410 e. The van der Waals surface area contributed by atoms with E-state index in [0.29, 0.717) is 25.9 Å².